The van der Waals surface area contributed by atoms with Gasteiger partial charge >= 0.3 is 11.9 Å². The van der Waals surface area contributed by atoms with Gasteiger partial charge in [0, 0.05) is 0 Å². The molecule has 0 saturated heterocycles. The van der Waals surface area contributed by atoms with Gasteiger partial charge in [-0.05, 0) is 22.9 Å². The summed E-state index contributed by atoms with van der Waals surface area (Å²) in [6.07, 6.45) is 0. The van der Waals surface area contributed by atoms with Crippen molar-refractivity contribution in [3.05, 3.63) is 47.5 Å². The number of carboxylic acid groups (broad SMARTS) is 1. The number of ether oxygens (including phenoxy) is 1. The molecule has 0 unspecified atom stereocenters. The number of benzene rings is 2. The van der Waals surface area contributed by atoms with E-state index in [9.17, 15) is 23.1 Å². The monoisotopic (exact) mass is 324 g/mol. The van der Waals surface area contributed by atoms with Crippen LogP contribution in [-0.2, 0) is 14.9 Å². The largest absolute Gasteiger partial charge is 0.478 e. The van der Waals surface area contributed by atoms with Crippen LogP contribution in [0.3, 0.4) is 0 Å². The van der Waals surface area contributed by atoms with Crippen LogP contribution < -0.4 is 0 Å². The van der Waals surface area contributed by atoms with Crippen LogP contribution in [0.25, 0.3) is 10.8 Å². The third-order valence-corrected chi connectivity index (χ3v) is 3.59. The van der Waals surface area contributed by atoms with Gasteiger partial charge < -0.3 is 9.84 Å². The molecule has 0 spiro atoms. The number of rotatable bonds is 5. The van der Waals surface area contributed by atoms with Gasteiger partial charge in [0.05, 0.1) is 11.1 Å². The zero-order valence-electron chi connectivity index (χ0n) is 11.2. The van der Waals surface area contributed by atoms with Crippen molar-refractivity contribution < 1.29 is 32.4 Å². The average molecular weight is 324 g/mol. The van der Waals surface area contributed by atoms with E-state index in [1.165, 1.54) is 12.1 Å². The molecule has 0 heterocycles. The fourth-order valence-electron chi connectivity index (χ4n) is 1.90. The van der Waals surface area contributed by atoms with Gasteiger partial charge in [0.1, 0.15) is 12.4 Å². The Balaban J connectivity index is 2.34. The highest BCUT2D eigenvalue weighted by atomic mass is 32.2. The van der Waals surface area contributed by atoms with Crippen molar-refractivity contribution in [2.45, 2.75) is 0 Å². The zero-order valence-corrected chi connectivity index (χ0v) is 12.0. The van der Waals surface area contributed by atoms with E-state index in [-0.39, 0.29) is 11.1 Å². The minimum Gasteiger partial charge on any atom is -0.478 e. The molecule has 2 aromatic rings. The Morgan fingerprint density at radius 2 is 1.59 bits per heavy atom. The second-order valence-corrected chi connectivity index (χ2v) is 6.04. The van der Waals surface area contributed by atoms with E-state index < -0.39 is 34.4 Å². The number of hydrogen-bond acceptors (Lipinski definition) is 5. The van der Waals surface area contributed by atoms with Gasteiger partial charge in [-0.15, -0.1) is 0 Å². The van der Waals surface area contributed by atoms with Gasteiger partial charge in [0.25, 0.3) is 10.1 Å². The maximum atomic E-state index is 11.9. The van der Waals surface area contributed by atoms with Crippen molar-refractivity contribution in [3.63, 3.8) is 0 Å². The Morgan fingerprint density at radius 1 is 1.05 bits per heavy atom. The first-order valence-corrected chi connectivity index (χ1v) is 7.77. The van der Waals surface area contributed by atoms with Crippen LogP contribution in [0, 0.1) is 0 Å². The molecule has 0 radical (unpaired) electrons. The molecule has 0 aliphatic rings. The van der Waals surface area contributed by atoms with Crippen molar-refractivity contribution in [2.75, 3.05) is 12.4 Å². The van der Waals surface area contributed by atoms with Crippen LogP contribution in [0.2, 0.25) is 0 Å². The number of esters is 1. The number of carboxylic acids is 1. The molecule has 7 nitrogen and oxygen atoms in total. The fourth-order valence-corrected chi connectivity index (χ4v) is 2.20. The number of aromatic carboxylic acids is 1. The highest BCUT2D eigenvalue weighted by Gasteiger charge is 2.19. The summed E-state index contributed by atoms with van der Waals surface area (Å²) < 4.78 is 34.4. The lowest BCUT2D eigenvalue weighted by atomic mass is 10.0. The normalized spacial score (nSPS) is 11.3. The van der Waals surface area contributed by atoms with E-state index in [1.807, 2.05) is 0 Å². The molecule has 0 aliphatic heterocycles. The summed E-state index contributed by atoms with van der Waals surface area (Å²) >= 11 is 0. The first-order valence-electron chi connectivity index (χ1n) is 6.16. The summed E-state index contributed by atoms with van der Waals surface area (Å²) in [5.41, 5.74) is -0.419. The average Bonchev–Trinajstić information content (AvgIpc) is 2.44. The first kappa shape index (κ1) is 15.9. The summed E-state index contributed by atoms with van der Waals surface area (Å²) in [7, 11) is -4.26. The van der Waals surface area contributed by atoms with Gasteiger partial charge in [0.15, 0.2) is 0 Å². The summed E-state index contributed by atoms with van der Waals surface area (Å²) in [5.74, 6) is -3.02. The molecular formula is C14H12O7S. The lowest BCUT2D eigenvalue weighted by molar-refractivity contribution is 0.0516. The van der Waals surface area contributed by atoms with Crippen molar-refractivity contribution in [3.8, 4) is 0 Å². The van der Waals surface area contributed by atoms with E-state index in [0.717, 1.165) is 0 Å². The summed E-state index contributed by atoms with van der Waals surface area (Å²) in [5, 5.41) is 10.5. The maximum Gasteiger partial charge on any atom is 0.339 e. The molecule has 0 bridgehead atoms. The number of carbonyl (C=O) groups is 2. The second-order valence-electron chi connectivity index (χ2n) is 4.47. The van der Waals surface area contributed by atoms with Crippen LogP contribution in [0.1, 0.15) is 20.7 Å². The van der Waals surface area contributed by atoms with E-state index in [0.29, 0.717) is 10.8 Å². The first-order chi connectivity index (χ1) is 10.3. The van der Waals surface area contributed by atoms with Crippen LogP contribution in [-0.4, -0.2) is 42.4 Å². The molecule has 0 atom stereocenters. The fraction of sp³-hybridized carbons (Fsp3) is 0.143. The highest BCUT2D eigenvalue weighted by Crippen LogP contribution is 2.21. The Kier molecular flexibility index (Phi) is 4.43. The summed E-state index contributed by atoms with van der Waals surface area (Å²) in [4.78, 5) is 23.2. The summed E-state index contributed by atoms with van der Waals surface area (Å²) in [6, 6.07) is 9.59. The van der Waals surface area contributed by atoms with Gasteiger partial charge in [-0.1, -0.05) is 24.3 Å². The molecular weight excluding hydrogens is 312 g/mol. The zero-order chi connectivity index (χ0) is 16.3. The molecule has 22 heavy (non-hydrogen) atoms. The Bertz CT molecular complexity index is 839. The van der Waals surface area contributed by atoms with Crippen LogP contribution in [0.15, 0.2) is 36.4 Å². The summed E-state index contributed by atoms with van der Waals surface area (Å²) in [6.45, 7) is -0.566. The Labute approximate surface area is 125 Å². The minimum absolute atomic E-state index is 0.179. The Hall–Kier alpha value is -2.45. The molecule has 0 aliphatic carbocycles. The molecule has 8 heteroatoms. The number of fused-ring (bicyclic) bond motifs is 1. The molecule has 0 aromatic heterocycles. The quantitative estimate of drug-likeness (QED) is 0.633. The lowest BCUT2D eigenvalue weighted by Crippen LogP contribution is -2.17. The molecule has 2 aromatic carbocycles. The van der Waals surface area contributed by atoms with Crippen molar-refractivity contribution >= 4 is 32.8 Å². The predicted octanol–water partition coefficient (Wildman–Crippen LogP) is 1.58. The third kappa shape index (κ3) is 3.80. The topological polar surface area (TPSA) is 118 Å². The Morgan fingerprint density at radius 3 is 2.09 bits per heavy atom. The number of carbonyl (C=O) groups excluding carboxylic acids is 1. The highest BCUT2D eigenvalue weighted by molar-refractivity contribution is 7.85. The van der Waals surface area contributed by atoms with Crippen LogP contribution in [0.5, 0.6) is 0 Å². The smallest absolute Gasteiger partial charge is 0.339 e. The van der Waals surface area contributed by atoms with Gasteiger partial charge in [0.2, 0.25) is 0 Å². The standard InChI is InChI=1S/C14H12O7S/c15-13(16)11-7-9-3-1-2-4-10(9)8-12(11)14(17)21-5-6-22(18,19)20/h1-4,7-8H,5-6H2,(H,15,16)(H,18,19,20). The van der Waals surface area contributed by atoms with Gasteiger partial charge in [-0.2, -0.15) is 8.42 Å². The molecule has 2 rings (SSSR count). The molecule has 116 valence electrons. The second kappa shape index (κ2) is 6.12. The molecule has 0 amide bonds. The van der Waals surface area contributed by atoms with Crippen LogP contribution >= 0.6 is 0 Å². The van der Waals surface area contributed by atoms with E-state index in [4.69, 9.17) is 9.29 Å². The SMILES string of the molecule is O=C(O)c1cc2ccccc2cc1C(=O)OCCS(=O)(=O)O. The lowest BCUT2D eigenvalue weighted by Gasteiger charge is -2.08. The van der Waals surface area contributed by atoms with Crippen molar-refractivity contribution in [2.24, 2.45) is 0 Å². The molecule has 0 fully saturated rings. The minimum atomic E-state index is -4.26. The van der Waals surface area contributed by atoms with E-state index in [2.05, 4.69) is 0 Å². The van der Waals surface area contributed by atoms with Gasteiger partial charge in [-0.3, -0.25) is 4.55 Å². The predicted molar refractivity (Wildman–Crippen MR) is 77.6 cm³/mol. The third-order valence-electron chi connectivity index (χ3n) is 2.91. The van der Waals surface area contributed by atoms with Crippen molar-refractivity contribution in [1.82, 2.24) is 0 Å². The maximum absolute atomic E-state index is 11.9. The van der Waals surface area contributed by atoms with Crippen LogP contribution in [0.4, 0.5) is 0 Å². The van der Waals surface area contributed by atoms with Crippen molar-refractivity contribution in [1.29, 1.82) is 0 Å². The van der Waals surface area contributed by atoms with Gasteiger partial charge in [-0.25, -0.2) is 9.59 Å². The van der Waals surface area contributed by atoms with E-state index >= 15 is 0 Å². The van der Waals surface area contributed by atoms with E-state index in [1.54, 1.807) is 24.3 Å². The number of hydrogen-bond donors (Lipinski definition) is 2. The molecule has 2 N–H and O–H groups in total. The molecule has 0 saturated carbocycles.